The normalized spacial score (nSPS) is 16.5. The Morgan fingerprint density at radius 3 is 1.67 bits per heavy atom. The third kappa shape index (κ3) is 6.20. The van der Waals surface area contributed by atoms with E-state index in [0.29, 0.717) is 0 Å². The Hall–Kier alpha value is -8.13. The molecule has 0 fully saturated rings. The van der Waals surface area contributed by atoms with Gasteiger partial charge in [0.05, 0.1) is 16.5 Å². The maximum Gasteiger partial charge on any atom is 0.0719 e. The Morgan fingerprint density at radius 2 is 1.01 bits per heavy atom. The summed E-state index contributed by atoms with van der Waals surface area (Å²) in [5.74, 6) is 0. The number of benzene rings is 9. The van der Waals surface area contributed by atoms with Crippen LogP contribution < -0.4 is 0 Å². The van der Waals surface area contributed by atoms with Gasteiger partial charge in [0.15, 0.2) is 0 Å². The van der Waals surface area contributed by atoms with Crippen LogP contribution in [-0.2, 0) is 22.7 Å². The third-order valence-corrected chi connectivity index (χ3v) is 16.1. The largest absolute Gasteiger partial charge is 0.256 e. The number of aliphatic imine (C=N–C) groups is 1. The minimum Gasteiger partial charge on any atom is -0.256 e. The van der Waals surface area contributed by atoms with E-state index in [1.165, 1.54) is 94.6 Å². The zero-order valence-electron chi connectivity index (χ0n) is 39.7. The monoisotopic (exact) mass is 895 g/mol. The highest BCUT2D eigenvalue weighted by Gasteiger charge is 2.54. The van der Waals surface area contributed by atoms with E-state index < -0.39 is 10.8 Å². The van der Waals surface area contributed by atoms with E-state index in [9.17, 15) is 0 Å². The molecule has 4 aliphatic carbocycles. The van der Waals surface area contributed by atoms with Gasteiger partial charge in [-0.15, -0.1) is 0 Å². The van der Waals surface area contributed by atoms with Gasteiger partial charge in [0, 0.05) is 17.2 Å². The van der Waals surface area contributed by atoms with Gasteiger partial charge in [-0.2, -0.15) is 0 Å². The van der Waals surface area contributed by atoms with E-state index in [2.05, 4.69) is 263 Å². The quantitative estimate of drug-likeness (QED) is 0.135. The summed E-state index contributed by atoms with van der Waals surface area (Å²) in [6.45, 7) is 4.80. The predicted octanol–water partition coefficient (Wildman–Crippen LogP) is 16.4. The van der Waals surface area contributed by atoms with Gasteiger partial charge in [-0.1, -0.05) is 250 Å². The molecule has 0 aliphatic heterocycles. The maximum absolute atomic E-state index is 5.44. The second kappa shape index (κ2) is 16.5. The molecule has 0 unspecified atom stereocenters. The molecule has 334 valence electrons. The zero-order valence-corrected chi connectivity index (χ0v) is 39.7. The molecule has 70 heavy (non-hydrogen) atoms. The van der Waals surface area contributed by atoms with Gasteiger partial charge in [0.25, 0.3) is 0 Å². The van der Waals surface area contributed by atoms with E-state index in [-0.39, 0.29) is 5.41 Å². The fraction of sp³-hybridized carbons (Fsp3) is 0.116. The van der Waals surface area contributed by atoms with Crippen molar-refractivity contribution in [1.82, 2.24) is 0 Å². The molecule has 0 saturated heterocycles. The molecule has 0 radical (unpaired) electrons. The maximum atomic E-state index is 5.44. The molecular weight excluding hydrogens is 843 g/mol. The van der Waals surface area contributed by atoms with Gasteiger partial charge in [-0.3, -0.25) is 4.99 Å². The SMILES string of the molecule is CC1(C)c2ccccc2C2(c3ccc(C4=CC5=C(CC4)c4ccccc4C5(c4ccccc4)c4ccccc4)cc3-c3c(C=N/C(=C\Cc4ccccc4)c4ccccc4)cccc32)c2ccccc21. The van der Waals surface area contributed by atoms with E-state index >= 15 is 0 Å². The van der Waals surface area contributed by atoms with Crippen LogP contribution in [0.1, 0.15) is 105 Å². The number of rotatable bonds is 8. The second-order valence-corrected chi connectivity index (χ2v) is 20.0. The van der Waals surface area contributed by atoms with Crippen LogP contribution in [0.15, 0.2) is 253 Å². The van der Waals surface area contributed by atoms with Crippen molar-refractivity contribution in [2.24, 2.45) is 4.99 Å². The lowest BCUT2D eigenvalue weighted by atomic mass is 9.55. The zero-order chi connectivity index (χ0) is 46.9. The molecular formula is C69H53N. The number of hydrogen-bond donors (Lipinski definition) is 0. The molecule has 13 rings (SSSR count). The molecule has 0 saturated carbocycles. The molecule has 1 spiro atoms. The summed E-state index contributed by atoms with van der Waals surface area (Å²) in [5.41, 5.74) is 24.8. The Bertz CT molecular complexity index is 3530. The Balaban J connectivity index is 1.04. The van der Waals surface area contributed by atoms with Crippen molar-refractivity contribution in [3.05, 3.63) is 326 Å². The predicted molar refractivity (Wildman–Crippen MR) is 291 cm³/mol. The van der Waals surface area contributed by atoms with E-state index in [4.69, 9.17) is 4.99 Å². The van der Waals surface area contributed by atoms with Crippen LogP contribution in [0.25, 0.3) is 28.0 Å². The van der Waals surface area contributed by atoms with Crippen molar-refractivity contribution < 1.29 is 0 Å². The van der Waals surface area contributed by atoms with E-state index in [1.54, 1.807) is 0 Å². The van der Waals surface area contributed by atoms with Crippen LogP contribution in [-0.4, -0.2) is 6.21 Å². The van der Waals surface area contributed by atoms with Gasteiger partial charge in [-0.25, -0.2) is 0 Å². The summed E-state index contributed by atoms with van der Waals surface area (Å²) >= 11 is 0. The first kappa shape index (κ1) is 42.0. The van der Waals surface area contributed by atoms with Crippen molar-refractivity contribution in [2.75, 3.05) is 0 Å². The first-order valence-corrected chi connectivity index (χ1v) is 25.0. The van der Waals surface area contributed by atoms with Crippen molar-refractivity contribution in [3.8, 4) is 11.1 Å². The minimum absolute atomic E-state index is 0.185. The van der Waals surface area contributed by atoms with Crippen molar-refractivity contribution in [2.45, 2.75) is 49.4 Å². The Morgan fingerprint density at radius 1 is 0.471 bits per heavy atom. The first-order valence-electron chi connectivity index (χ1n) is 25.0. The molecule has 0 atom stereocenters. The minimum atomic E-state index is -0.527. The lowest BCUT2D eigenvalue weighted by Crippen LogP contribution is -2.40. The molecule has 0 heterocycles. The summed E-state index contributed by atoms with van der Waals surface area (Å²) in [5, 5.41) is 0. The summed E-state index contributed by atoms with van der Waals surface area (Å²) < 4.78 is 0. The number of nitrogens with zero attached hydrogens (tertiary/aromatic N) is 1. The molecule has 0 bridgehead atoms. The summed E-state index contributed by atoms with van der Waals surface area (Å²) in [6, 6.07) is 85.8. The lowest BCUT2D eigenvalue weighted by molar-refractivity contribution is 0.563. The van der Waals surface area contributed by atoms with Crippen LogP contribution in [0.5, 0.6) is 0 Å². The molecule has 0 amide bonds. The number of allylic oxidation sites excluding steroid dienone is 5. The van der Waals surface area contributed by atoms with Gasteiger partial charge in [0.1, 0.15) is 0 Å². The van der Waals surface area contributed by atoms with Gasteiger partial charge in [-0.05, 0) is 125 Å². The van der Waals surface area contributed by atoms with Crippen LogP contribution in [0, 0.1) is 0 Å². The smallest absolute Gasteiger partial charge is 0.0719 e. The Labute approximate surface area is 412 Å². The fourth-order valence-corrected chi connectivity index (χ4v) is 13.1. The summed E-state index contributed by atoms with van der Waals surface area (Å²) in [6.07, 6.45) is 9.72. The first-order chi connectivity index (χ1) is 34.5. The second-order valence-electron chi connectivity index (χ2n) is 20.0. The standard InChI is InChI=1S/C69H53N/c1-67(2)59-33-17-19-35-61(59)69(62-36-20-18-34-60(62)67)58-42-40-49(44-56(58)66-51(26-21-37-63(66)69)46-70-65(48-24-9-4-10-25-48)43-38-47-22-7-3-8-23-47)50-39-41-55-54-31-15-16-32-57(54)68(64(55)45-50,52-27-11-5-12-28-52)53-29-13-6-14-30-53/h3-37,40,42-46H,38-39,41H2,1-2H3/b65-43-,70-46?. The van der Waals surface area contributed by atoms with Gasteiger partial charge >= 0.3 is 0 Å². The topological polar surface area (TPSA) is 12.4 Å². The summed E-state index contributed by atoms with van der Waals surface area (Å²) in [4.78, 5) is 5.44. The molecule has 0 aromatic heterocycles. The lowest BCUT2D eigenvalue weighted by Gasteiger charge is -2.46. The highest BCUT2D eigenvalue weighted by molar-refractivity contribution is 6.01. The Kier molecular flexibility index (Phi) is 9.92. The fourth-order valence-electron chi connectivity index (χ4n) is 13.1. The molecule has 9 aromatic rings. The van der Waals surface area contributed by atoms with Crippen molar-refractivity contribution in [3.63, 3.8) is 0 Å². The number of hydrogen-bond acceptors (Lipinski definition) is 1. The van der Waals surface area contributed by atoms with Crippen LogP contribution in [0.3, 0.4) is 0 Å². The van der Waals surface area contributed by atoms with E-state index in [0.717, 1.165) is 36.1 Å². The molecule has 0 N–H and O–H groups in total. The average molecular weight is 896 g/mol. The van der Waals surface area contributed by atoms with Crippen LogP contribution >= 0.6 is 0 Å². The molecule has 1 heteroatoms. The highest BCUT2D eigenvalue weighted by atomic mass is 14.7. The van der Waals surface area contributed by atoms with Crippen LogP contribution in [0.2, 0.25) is 0 Å². The average Bonchev–Trinajstić information content (AvgIpc) is 3.90. The van der Waals surface area contributed by atoms with Crippen LogP contribution in [0.4, 0.5) is 0 Å². The van der Waals surface area contributed by atoms with Crippen molar-refractivity contribution >= 4 is 23.1 Å². The van der Waals surface area contributed by atoms with Crippen molar-refractivity contribution in [1.29, 1.82) is 0 Å². The molecule has 9 aromatic carbocycles. The van der Waals surface area contributed by atoms with E-state index in [1.807, 2.05) is 0 Å². The molecule has 4 aliphatic rings. The third-order valence-electron chi connectivity index (χ3n) is 16.1. The van der Waals surface area contributed by atoms with Gasteiger partial charge in [0.2, 0.25) is 0 Å². The molecule has 1 nitrogen and oxygen atoms in total. The van der Waals surface area contributed by atoms with Gasteiger partial charge < -0.3 is 0 Å². The number of fused-ring (bicyclic) bond motifs is 11. The highest BCUT2D eigenvalue weighted by Crippen LogP contribution is 2.63. The summed E-state index contributed by atoms with van der Waals surface area (Å²) in [7, 11) is 0.